The molecule has 0 amide bonds. The second-order valence-electron chi connectivity index (χ2n) is 6.39. The van der Waals surface area contributed by atoms with E-state index in [1.165, 1.54) is 0 Å². The number of nitrogens with zero attached hydrogens (tertiary/aromatic N) is 5. The Bertz CT molecular complexity index is 632. The van der Waals surface area contributed by atoms with E-state index in [4.69, 9.17) is 0 Å². The number of aromatic nitrogens is 2. The second-order valence-corrected chi connectivity index (χ2v) is 6.39. The Labute approximate surface area is 142 Å². The minimum atomic E-state index is -0.752. The number of aliphatic imine (C=N–C) groups is 1. The van der Waals surface area contributed by atoms with Gasteiger partial charge in [0.05, 0.1) is 5.60 Å². The summed E-state index contributed by atoms with van der Waals surface area (Å²) in [6, 6.07) is 0. The number of nitrogens with one attached hydrogen (secondary N) is 1. The predicted octanol–water partition coefficient (Wildman–Crippen LogP) is -0.361. The van der Waals surface area contributed by atoms with Gasteiger partial charge in [-0.15, -0.1) is 0 Å². The minimum absolute atomic E-state index is 0.0764. The Morgan fingerprint density at radius 2 is 2.08 bits per heavy atom. The van der Waals surface area contributed by atoms with Gasteiger partial charge < -0.3 is 24.8 Å². The van der Waals surface area contributed by atoms with Crippen molar-refractivity contribution in [2.24, 2.45) is 12.0 Å². The molecule has 2 rings (SSSR count). The van der Waals surface area contributed by atoms with E-state index in [9.17, 15) is 9.90 Å². The standard InChI is InChI=1S/C16H28N6O2/c1-5-16(2,24)12-19-15(17-3)22-10-8-21(9-11-22)13-14(23)20(4)7-6-18-13/h6-7,24H,5,8-12H2,1-4H3,(H,17,19). The summed E-state index contributed by atoms with van der Waals surface area (Å²) in [4.78, 5) is 24.8. The zero-order valence-electron chi connectivity index (χ0n) is 15.0. The normalized spacial score (nSPS) is 18.5. The van der Waals surface area contributed by atoms with Gasteiger partial charge in [0.1, 0.15) is 0 Å². The van der Waals surface area contributed by atoms with Crippen molar-refractivity contribution < 1.29 is 5.11 Å². The lowest BCUT2D eigenvalue weighted by atomic mass is 10.0. The fourth-order valence-electron chi connectivity index (χ4n) is 2.56. The average Bonchev–Trinajstić information content (AvgIpc) is 2.58. The molecule has 0 bridgehead atoms. The molecule has 8 nitrogen and oxygen atoms in total. The van der Waals surface area contributed by atoms with Crippen LogP contribution in [-0.4, -0.2) is 70.9 Å². The molecule has 0 aromatic carbocycles. The van der Waals surface area contributed by atoms with Crippen molar-refractivity contribution in [1.29, 1.82) is 0 Å². The number of aryl methyl sites for hydroxylation is 1. The number of guanidine groups is 1. The third-order valence-electron chi connectivity index (χ3n) is 4.48. The molecule has 0 saturated carbocycles. The maximum absolute atomic E-state index is 12.2. The molecule has 2 N–H and O–H groups in total. The number of hydrogen-bond donors (Lipinski definition) is 2. The molecule has 134 valence electrons. The third-order valence-corrected chi connectivity index (χ3v) is 4.48. The molecule has 1 atom stereocenters. The van der Waals surface area contributed by atoms with E-state index in [0.717, 1.165) is 19.0 Å². The number of piperazine rings is 1. The summed E-state index contributed by atoms with van der Waals surface area (Å²) in [6.07, 6.45) is 3.98. The first-order chi connectivity index (χ1) is 11.4. The summed E-state index contributed by atoms with van der Waals surface area (Å²) < 4.78 is 1.54. The van der Waals surface area contributed by atoms with Gasteiger partial charge in [-0.2, -0.15) is 0 Å². The molecule has 1 fully saturated rings. The molecular weight excluding hydrogens is 308 g/mol. The largest absolute Gasteiger partial charge is 0.388 e. The van der Waals surface area contributed by atoms with Crippen LogP contribution in [0.3, 0.4) is 0 Å². The van der Waals surface area contributed by atoms with Crippen molar-refractivity contribution >= 4 is 11.8 Å². The van der Waals surface area contributed by atoms with E-state index >= 15 is 0 Å². The first-order valence-corrected chi connectivity index (χ1v) is 8.32. The predicted molar refractivity (Wildman–Crippen MR) is 95.5 cm³/mol. The van der Waals surface area contributed by atoms with Crippen molar-refractivity contribution in [3.63, 3.8) is 0 Å². The summed E-state index contributed by atoms with van der Waals surface area (Å²) in [5.41, 5.74) is -0.828. The fraction of sp³-hybridized carbons (Fsp3) is 0.688. The Morgan fingerprint density at radius 3 is 2.67 bits per heavy atom. The van der Waals surface area contributed by atoms with Gasteiger partial charge in [0.15, 0.2) is 11.8 Å². The van der Waals surface area contributed by atoms with Gasteiger partial charge >= 0.3 is 0 Å². The van der Waals surface area contributed by atoms with Crippen molar-refractivity contribution in [2.75, 3.05) is 44.7 Å². The highest BCUT2D eigenvalue weighted by Crippen LogP contribution is 2.10. The highest BCUT2D eigenvalue weighted by atomic mass is 16.3. The zero-order chi connectivity index (χ0) is 17.7. The summed E-state index contributed by atoms with van der Waals surface area (Å²) in [7, 11) is 3.47. The molecular formula is C16H28N6O2. The van der Waals surface area contributed by atoms with Crippen LogP contribution in [0.5, 0.6) is 0 Å². The summed E-state index contributed by atoms with van der Waals surface area (Å²) in [5, 5.41) is 13.4. The van der Waals surface area contributed by atoms with Crippen molar-refractivity contribution in [3.05, 3.63) is 22.7 Å². The molecule has 0 radical (unpaired) electrons. The van der Waals surface area contributed by atoms with E-state index in [1.54, 1.807) is 31.1 Å². The first kappa shape index (κ1) is 18.3. The van der Waals surface area contributed by atoms with Crippen LogP contribution in [-0.2, 0) is 7.05 Å². The van der Waals surface area contributed by atoms with Gasteiger partial charge in [-0.25, -0.2) is 4.98 Å². The maximum Gasteiger partial charge on any atom is 0.293 e. The van der Waals surface area contributed by atoms with Crippen LogP contribution in [0.15, 0.2) is 22.2 Å². The van der Waals surface area contributed by atoms with Crippen LogP contribution in [0.1, 0.15) is 20.3 Å². The van der Waals surface area contributed by atoms with E-state index in [0.29, 0.717) is 31.9 Å². The molecule has 24 heavy (non-hydrogen) atoms. The van der Waals surface area contributed by atoms with Crippen LogP contribution in [0.25, 0.3) is 0 Å². The van der Waals surface area contributed by atoms with Gasteiger partial charge in [-0.05, 0) is 13.3 Å². The van der Waals surface area contributed by atoms with Crippen molar-refractivity contribution in [2.45, 2.75) is 25.9 Å². The Balaban J connectivity index is 1.96. The topological polar surface area (TPSA) is 86.0 Å². The van der Waals surface area contributed by atoms with Crippen LogP contribution >= 0.6 is 0 Å². The third kappa shape index (κ3) is 4.25. The molecule has 2 heterocycles. The number of aliphatic hydroxyl groups is 1. The highest BCUT2D eigenvalue weighted by Gasteiger charge is 2.24. The van der Waals surface area contributed by atoms with Crippen molar-refractivity contribution in [3.8, 4) is 0 Å². The second kappa shape index (κ2) is 7.65. The van der Waals surface area contributed by atoms with Gasteiger partial charge in [0, 0.05) is 59.2 Å². The molecule has 1 aliphatic rings. The molecule has 1 aliphatic heterocycles. The molecule has 1 aromatic rings. The fourth-order valence-corrected chi connectivity index (χ4v) is 2.56. The molecule has 0 spiro atoms. The first-order valence-electron chi connectivity index (χ1n) is 8.32. The maximum atomic E-state index is 12.2. The van der Waals surface area contributed by atoms with Gasteiger partial charge in [0.2, 0.25) is 0 Å². The van der Waals surface area contributed by atoms with Crippen LogP contribution in [0, 0.1) is 0 Å². The molecule has 1 aromatic heterocycles. The SMILES string of the molecule is CCC(C)(O)CNC(=NC)N1CCN(c2nccn(C)c2=O)CC1. The monoisotopic (exact) mass is 336 g/mol. The van der Waals surface area contributed by atoms with E-state index in [-0.39, 0.29) is 5.56 Å². The molecule has 1 unspecified atom stereocenters. The Morgan fingerprint density at radius 1 is 1.42 bits per heavy atom. The Hall–Kier alpha value is -2.09. The quantitative estimate of drug-likeness (QED) is 0.577. The number of hydrogen-bond acceptors (Lipinski definition) is 5. The summed E-state index contributed by atoms with van der Waals surface area (Å²) in [6.45, 7) is 7.12. The average molecular weight is 336 g/mol. The van der Waals surface area contributed by atoms with E-state index < -0.39 is 5.60 Å². The molecule has 1 saturated heterocycles. The smallest absolute Gasteiger partial charge is 0.293 e. The highest BCUT2D eigenvalue weighted by molar-refractivity contribution is 5.80. The van der Waals surface area contributed by atoms with E-state index in [2.05, 4.69) is 20.2 Å². The van der Waals surface area contributed by atoms with Gasteiger partial charge in [-0.1, -0.05) is 6.92 Å². The minimum Gasteiger partial charge on any atom is -0.388 e. The number of anilines is 1. The van der Waals surface area contributed by atoms with Gasteiger partial charge in [-0.3, -0.25) is 9.79 Å². The van der Waals surface area contributed by atoms with Gasteiger partial charge in [0.25, 0.3) is 5.56 Å². The van der Waals surface area contributed by atoms with E-state index in [1.807, 2.05) is 18.7 Å². The van der Waals surface area contributed by atoms with Crippen molar-refractivity contribution in [1.82, 2.24) is 19.8 Å². The lowest BCUT2D eigenvalue weighted by molar-refractivity contribution is 0.0596. The Kier molecular flexibility index (Phi) is 5.82. The van der Waals surface area contributed by atoms with Crippen LogP contribution < -0.4 is 15.8 Å². The summed E-state index contributed by atoms with van der Waals surface area (Å²) in [5.74, 6) is 1.27. The lowest BCUT2D eigenvalue weighted by Gasteiger charge is -2.37. The number of rotatable bonds is 4. The molecule has 8 heteroatoms. The summed E-state index contributed by atoms with van der Waals surface area (Å²) >= 11 is 0. The lowest BCUT2D eigenvalue weighted by Crippen LogP contribution is -2.55. The van der Waals surface area contributed by atoms with Crippen LogP contribution in [0.4, 0.5) is 5.82 Å². The molecule has 0 aliphatic carbocycles. The zero-order valence-corrected chi connectivity index (χ0v) is 15.0. The van der Waals surface area contributed by atoms with Crippen LogP contribution in [0.2, 0.25) is 0 Å².